The van der Waals surface area contributed by atoms with E-state index in [9.17, 15) is 14.4 Å². The van der Waals surface area contributed by atoms with Crippen LogP contribution in [-0.4, -0.2) is 23.0 Å². The van der Waals surface area contributed by atoms with Gasteiger partial charge in [-0.2, -0.15) is 0 Å². The summed E-state index contributed by atoms with van der Waals surface area (Å²) >= 11 is 9.10. The van der Waals surface area contributed by atoms with Gasteiger partial charge in [-0.05, 0) is 34.0 Å². The van der Waals surface area contributed by atoms with Crippen LogP contribution in [-0.2, 0) is 9.59 Å². The molecule has 21 heavy (non-hydrogen) atoms. The Hall–Kier alpha value is -1.60. The summed E-state index contributed by atoms with van der Waals surface area (Å²) in [4.78, 5) is 33.7. The number of aliphatic carboxylic acids is 1. The van der Waals surface area contributed by atoms with Crippen molar-refractivity contribution in [2.45, 2.75) is 19.8 Å². The van der Waals surface area contributed by atoms with Gasteiger partial charge in [0.2, 0.25) is 5.91 Å². The van der Waals surface area contributed by atoms with Crippen molar-refractivity contribution in [2.24, 2.45) is 5.92 Å². The van der Waals surface area contributed by atoms with Crippen LogP contribution in [0.25, 0.3) is 0 Å². The molecule has 1 unspecified atom stereocenters. The first-order valence-electron chi connectivity index (χ1n) is 6.06. The van der Waals surface area contributed by atoms with Crippen molar-refractivity contribution in [1.29, 1.82) is 0 Å². The molecule has 1 aromatic rings. The Labute approximate surface area is 135 Å². The van der Waals surface area contributed by atoms with Crippen molar-refractivity contribution in [1.82, 2.24) is 5.32 Å². The van der Waals surface area contributed by atoms with E-state index in [1.807, 2.05) is 0 Å². The predicted octanol–water partition coefficient (Wildman–Crippen LogP) is 3.25. The number of anilines is 1. The molecule has 0 saturated heterocycles. The van der Waals surface area contributed by atoms with Crippen LogP contribution >= 0.6 is 27.5 Å². The number of hydrogen-bond acceptors (Lipinski definition) is 3. The summed E-state index contributed by atoms with van der Waals surface area (Å²) in [5.74, 6) is -1.88. The van der Waals surface area contributed by atoms with Crippen LogP contribution < -0.4 is 10.6 Å². The molecule has 1 rings (SSSR count). The fourth-order valence-electron chi connectivity index (χ4n) is 1.62. The normalized spacial score (nSPS) is 11.6. The van der Waals surface area contributed by atoms with E-state index in [2.05, 4.69) is 26.6 Å². The summed E-state index contributed by atoms with van der Waals surface area (Å²) in [6.45, 7) is 1.62. The minimum Gasteiger partial charge on any atom is -0.481 e. The summed E-state index contributed by atoms with van der Waals surface area (Å²) in [6.07, 6.45) is -0.175. The van der Waals surface area contributed by atoms with Crippen molar-refractivity contribution in [2.75, 3.05) is 5.32 Å². The number of benzene rings is 1. The Morgan fingerprint density at radius 3 is 2.62 bits per heavy atom. The molecular formula is C13H14BrClN2O4. The Bertz CT molecular complexity index is 565. The van der Waals surface area contributed by atoms with Crippen LogP contribution in [0, 0.1) is 5.92 Å². The van der Waals surface area contributed by atoms with E-state index in [1.165, 1.54) is 0 Å². The SMILES string of the molecule is CC(CC(=O)O)CC(=O)NC(=O)Nc1cccc(Cl)c1Br. The zero-order chi connectivity index (χ0) is 16.0. The van der Waals surface area contributed by atoms with Crippen LogP contribution in [0.4, 0.5) is 10.5 Å². The van der Waals surface area contributed by atoms with Crippen molar-refractivity contribution in [3.8, 4) is 0 Å². The van der Waals surface area contributed by atoms with E-state index in [4.69, 9.17) is 16.7 Å². The smallest absolute Gasteiger partial charge is 0.325 e. The highest BCUT2D eigenvalue weighted by atomic mass is 79.9. The van der Waals surface area contributed by atoms with Gasteiger partial charge in [-0.1, -0.05) is 24.6 Å². The minimum absolute atomic E-state index is 0.0452. The van der Waals surface area contributed by atoms with Crippen molar-refractivity contribution < 1.29 is 19.5 Å². The van der Waals surface area contributed by atoms with E-state index in [1.54, 1.807) is 25.1 Å². The molecule has 0 aliphatic carbocycles. The van der Waals surface area contributed by atoms with Gasteiger partial charge < -0.3 is 10.4 Å². The number of nitrogens with one attached hydrogen (secondary N) is 2. The zero-order valence-electron chi connectivity index (χ0n) is 11.2. The molecule has 6 nitrogen and oxygen atoms in total. The number of carboxylic acids is 1. The molecule has 0 aromatic heterocycles. The van der Waals surface area contributed by atoms with Gasteiger partial charge in [0, 0.05) is 12.8 Å². The summed E-state index contributed by atoms with van der Waals surface area (Å²) < 4.78 is 0.508. The zero-order valence-corrected chi connectivity index (χ0v) is 13.5. The molecule has 1 atom stereocenters. The Morgan fingerprint density at radius 2 is 2.00 bits per heavy atom. The van der Waals surface area contributed by atoms with Gasteiger partial charge in [0.05, 0.1) is 15.2 Å². The maximum atomic E-state index is 11.7. The standard InChI is InChI=1S/C13H14BrClN2O4/c1-7(6-11(19)20)5-10(18)17-13(21)16-9-4-2-3-8(15)12(9)14/h2-4,7H,5-6H2,1H3,(H,19,20)(H2,16,17,18,21). The van der Waals surface area contributed by atoms with Crippen molar-refractivity contribution in [3.63, 3.8) is 0 Å². The first-order chi connectivity index (χ1) is 9.79. The predicted molar refractivity (Wildman–Crippen MR) is 82.3 cm³/mol. The molecule has 0 fully saturated rings. The third-order valence-electron chi connectivity index (χ3n) is 2.51. The highest BCUT2D eigenvalue weighted by Gasteiger charge is 2.15. The fourth-order valence-corrected chi connectivity index (χ4v) is 2.16. The lowest BCUT2D eigenvalue weighted by molar-refractivity contribution is -0.138. The van der Waals surface area contributed by atoms with Gasteiger partial charge in [0.1, 0.15) is 0 Å². The third kappa shape index (κ3) is 6.14. The third-order valence-corrected chi connectivity index (χ3v) is 3.91. The molecule has 1 aromatic carbocycles. The second kappa shape index (κ2) is 7.99. The average Bonchev–Trinajstić information content (AvgIpc) is 2.33. The summed E-state index contributed by atoms with van der Waals surface area (Å²) in [5.41, 5.74) is 0.423. The van der Waals surface area contributed by atoms with E-state index >= 15 is 0 Å². The summed E-state index contributed by atoms with van der Waals surface area (Å²) in [5, 5.41) is 13.6. The molecular weight excluding hydrogens is 364 g/mol. The molecule has 0 spiro atoms. The summed E-state index contributed by atoms with van der Waals surface area (Å²) in [6, 6.07) is 4.21. The van der Waals surface area contributed by atoms with Crippen molar-refractivity contribution >= 4 is 51.1 Å². The van der Waals surface area contributed by atoms with Crippen LogP contribution in [0.3, 0.4) is 0 Å². The number of imide groups is 1. The van der Waals surface area contributed by atoms with Gasteiger partial charge in [0.15, 0.2) is 0 Å². The van der Waals surface area contributed by atoms with E-state index in [0.29, 0.717) is 15.2 Å². The molecule has 0 aliphatic heterocycles. The first kappa shape index (κ1) is 17.5. The number of hydrogen-bond donors (Lipinski definition) is 3. The number of urea groups is 1. The highest BCUT2D eigenvalue weighted by molar-refractivity contribution is 9.10. The van der Waals surface area contributed by atoms with Gasteiger partial charge in [-0.3, -0.25) is 14.9 Å². The van der Waals surface area contributed by atoms with Gasteiger partial charge in [-0.25, -0.2) is 4.79 Å². The first-order valence-corrected chi connectivity index (χ1v) is 7.23. The minimum atomic E-state index is -0.984. The number of carboxylic acid groups (broad SMARTS) is 1. The van der Waals surface area contributed by atoms with Crippen LogP contribution in [0.2, 0.25) is 5.02 Å². The molecule has 8 heteroatoms. The maximum Gasteiger partial charge on any atom is 0.325 e. The molecule has 0 aliphatic rings. The van der Waals surface area contributed by atoms with E-state index in [0.717, 1.165) is 0 Å². The van der Waals surface area contributed by atoms with Crippen molar-refractivity contribution in [3.05, 3.63) is 27.7 Å². The lowest BCUT2D eigenvalue weighted by Gasteiger charge is -2.11. The highest BCUT2D eigenvalue weighted by Crippen LogP contribution is 2.29. The molecule has 3 N–H and O–H groups in total. The largest absolute Gasteiger partial charge is 0.481 e. The number of halogens is 2. The lowest BCUT2D eigenvalue weighted by atomic mass is 10.0. The van der Waals surface area contributed by atoms with Crippen LogP contribution in [0.5, 0.6) is 0 Å². The van der Waals surface area contributed by atoms with E-state index < -0.39 is 17.9 Å². The molecule has 0 saturated carbocycles. The number of rotatable bonds is 5. The van der Waals surface area contributed by atoms with Crippen LogP contribution in [0.15, 0.2) is 22.7 Å². The molecule has 3 amide bonds. The second-order valence-corrected chi connectivity index (χ2v) is 5.71. The fraction of sp³-hybridized carbons (Fsp3) is 0.308. The topological polar surface area (TPSA) is 95.5 Å². The van der Waals surface area contributed by atoms with Crippen LogP contribution in [0.1, 0.15) is 19.8 Å². The Kier molecular flexibility index (Phi) is 6.64. The molecule has 0 heterocycles. The van der Waals surface area contributed by atoms with Gasteiger partial charge in [-0.15, -0.1) is 0 Å². The average molecular weight is 378 g/mol. The molecule has 0 bridgehead atoms. The van der Waals surface area contributed by atoms with Gasteiger partial charge >= 0.3 is 12.0 Å². The molecule has 114 valence electrons. The van der Waals surface area contributed by atoms with Gasteiger partial charge in [0.25, 0.3) is 0 Å². The van der Waals surface area contributed by atoms with E-state index in [-0.39, 0.29) is 18.8 Å². The Balaban J connectivity index is 2.52. The second-order valence-electron chi connectivity index (χ2n) is 4.51. The summed E-state index contributed by atoms with van der Waals surface area (Å²) in [7, 11) is 0. The maximum absolute atomic E-state index is 11.7. The Morgan fingerprint density at radius 1 is 1.33 bits per heavy atom. The molecule has 0 radical (unpaired) electrons. The number of amides is 3. The lowest BCUT2D eigenvalue weighted by Crippen LogP contribution is -2.35. The number of carbonyl (C=O) groups excluding carboxylic acids is 2. The monoisotopic (exact) mass is 376 g/mol. The number of carbonyl (C=O) groups is 3. The quantitative estimate of drug-likeness (QED) is 0.734.